The van der Waals surface area contributed by atoms with Gasteiger partial charge in [0.2, 0.25) is 10.0 Å². The summed E-state index contributed by atoms with van der Waals surface area (Å²) in [4.78, 5) is 12.9. The van der Waals surface area contributed by atoms with E-state index in [-0.39, 0.29) is 19.6 Å². The van der Waals surface area contributed by atoms with Crippen LogP contribution >= 0.6 is 0 Å². The molecule has 1 amide bonds. The molecule has 0 spiro atoms. The molecular formula is C20H21F3N3O3S+. The van der Waals surface area contributed by atoms with Gasteiger partial charge in [0.05, 0.1) is 31.9 Å². The van der Waals surface area contributed by atoms with Crippen LogP contribution in [-0.2, 0) is 14.8 Å². The molecule has 0 radical (unpaired) electrons. The zero-order chi connectivity index (χ0) is 21.7. The zero-order valence-electron chi connectivity index (χ0n) is 15.9. The molecule has 0 saturated carbocycles. The summed E-state index contributed by atoms with van der Waals surface area (Å²) in [5, 5.41) is 3.38. The molecule has 6 nitrogen and oxygen atoms in total. The number of piperazine rings is 1. The Balaban J connectivity index is 1.52. The quantitative estimate of drug-likeness (QED) is 0.665. The fourth-order valence-corrected chi connectivity index (χ4v) is 4.29. The molecule has 3 rings (SSSR count). The number of benzene rings is 2. The van der Waals surface area contributed by atoms with Gasteiger partial charge in [-0.3, -0.25) is 4.79 Å². The summed E-state index contributed by atoms with van der Waals surface area (Å²) in [6.45, 7) is 1.16. The molecule has 0 aromatic heterocycles. The van der Waals surface area contributed by atoms with Gasteiger partial charge in [-0.15, -0.1) is 0 Å². The summed E-state index contributed by atoms with van der Waals surface area (Å²) in [7, 11) is -3.58. The minimum Gasteiger partial charge on any atom is -0.325 e. The summed E-state index contributed by atoms with van der Waals surface area (Å²) in [6.07, 6.45) is 1.53. The lowest BCUT2D eigenvalue weighted by molar-refractivity contribution is -0.895. The van der Waals surface area contributed by atoms with E-state index in [0.29, 0.717) is 13.1 Å². The number of halogens is 3. The Morgan fingerprint density at radius 2 is 1.70 bits per heavy atom. The highest BCUT2D eigenvalue weighted by atomic mass is 32.2. The first-order valence-electron chi connectivity index (χ1n) is 9.26. The highest BCUT2D eigenvalue weighted by Crippen LogP contribution is 2.19. The zero-order valence-corrected chi connectivity index (χ0v) is 16.8. The molecule has 0 unspecified atom stereocenters. The molecule has 30 heavy (non-hydrogen) atoms. The van der Waals surface area contributed by atoms with Crippen LogP contribution in [0, 0.1) is 17.5 Å². The third-order valence-electron chi connectivity index (χ3n) is 4.74. The summed E-state index contributed by atoms with van der Waals surface area (Å²) in [6, 6.07) is 10.7. The van der Waals surface area contributed by atoms with E-state index >= 15 is 0 Å². The van der Waals surface area contributed by atoms with Crippen molar-refractivity contribution in [1.82, 2.24) is 4.31 Å². The van der Waals surface area contributed by atoms with Gasteiger partial charge in [0.15, 0.2) is 24.0 Å². The van der Waals surface area contributed by atoms with Crippen LogP contribution in [-0.4, -0.2) is 51.4 Å². The highest BCUT2D eigenvalue weighted by Gasteiger charge is 2.28. The standard InChI is InChI=1S/C20H20F3N3O3S/c21-16-6-7-17(20(23)19(16)22)24-18(27)14-25-9-11-26(12-10-25)30(28,29)13-8-15-4-2-1-3-5-15/h1-8,13H,9-12,14H2,(H,24,27)/p+1/b13-8+. The molecule has 10 heteroatoms. The van der Waals surface area contributed by atoms with Crippen LogP contribution in [0.25, 0.3) is 6.08 Å². The lowest BCUT2D eigenvalue weighted by Crippen LogP contribution is -3.15. The minimum atomic E-state index is -3.58. The first-order valence-corrected chi connectivity index (χ1v) is 10.8. The van der Waals surface area contributed by atoms with Crippen molar-refractivity contribution < 1.29 is 31.3 Å². The summed E-state index contributed by atoms with van der Waals surface area (Å²) < 4.78 is 66.2. The summed E-state index contributed by atoms with van der Waals surface area (Å²) >= 11 is 0. The van der Waals surface area contributed by atoms with Gasteiger partial charge in [-0.05, 0) is 23.8 Å². The molecule has 1 aliphatic rings. The van der Waals surface area contributed by atoms with E-state index < -0.39 is 39.1 Å². The lowest BCUT2D eigenvalue weighted by atomic mass is 10.2. The number of nitrogens with zero attached hydrogens (tertiary/aromatic N) is 1. The predicted molar refractivity (Wildman–Crippen MR) is 106 cm³/mol. The second kappa shape index (κ2) is 9.41. The number of anilines is 1. The maximum absolute atomic E-state index is 13.7. The molecule has 1 fully saturated rings. The number of quaternary nitrogens is 1. The molecule has 1 heterocycles. The minimum absolute atomic E-state index is 0.0494. The Labute approximate surface area is 172 Å². The van der Waals surface area contributed by atoms with Gasteiger partial charge in [-0.2, -0.15) is 4.31 Å². The molecule has 0 atom stereocenters. The molecule has 2 aromatic rings. The molecule has 0 bridgehead atoms. The van der Waals surface area contributed by atoms with Crippen LogP contribution in [0.15, 0.2) is 47.9 Å². The SMILES string of the molecule is O=C(C[NH+]1CCN(S(=O)(=O)/C=C/c2ccccc2)CC1)Nc1ccc(F)c(F)c1F. The van der Waals surface area contributed by atoms with Crippen molar-refractivity contribution in [2.75, 3.05) is 38.0 Å². The first-order chi connectivity index (χ1) is 14.3. The fourth-order valence-electron chi connectivity index (χ4n) is 3.09. The second-order valence-corrected chi connectivity index (χ2v) is 8.67. The third kappa shape index (κ3) is 5.47. The topological polar surface area (TPSA) is 70.9 Å². The fraction of sp³-hybridized carbons (Fsp3) is 0.250. The van der Waals surface area contributed by atoms with E-state index in [1.54, 1.807) is 12.1 Å². The van der Waals surface area contributed by atoms with E-state index in [0.717, 1.165) is 28.0 Å². The van der Waals surface area contributed by atoms with Crippen molar-refractivity contribution in [1.29, 1.82) is 0 Å². The normalized spacial score (nSPS) is 16.1. The van der Waals surface area contributed by atoms with E-state index in [4.69, 9.17) is 0 Å². The summed E-state index contributed by atoms with van der Waals surface area (Å²) in [5.74, 6) is -5.02. The first kappa shape index (κ1) is 22.0. The average Bonchev–Trinajstić information content (AvgIpc) is 2.74. The van der Waals surface area contributed by atoms with Gasteiger partial charge in [-0.25, -0.2) is 21.6 Å². The van der Waals surface area contributed by atoms with E-state index in [9.17, 15) is 26.4 Å². The Morgan fingerprint density at radius 1 is 1.03 bits per heavy atom. The largest absolute Gasteiger partial charge is 0.325 e. The number of carbonyl (C=O) groups excluding carboxylic acids is 1. The predicted octanol–water partition coefficient (Wildman–Crippen LogP) is 1.24. The van der Waals surface area contributed by atoms with Gasteiger partial charge in [0.1, 0.15) is 0 Å². The number of rotatable bonds is 6. The van der Waals surface area contributed by atoms with Crippen molar-refractivity contribution in [2.24, 2.45) is 0 Å². The molecule has 160 valence electrons. The van der Waals surface area contributed by atoms with E-state index in [2.05, 4.69) is 5.32 Å². The van der Waals surface area contributed by atoms with Crippen LogP contribution < -0.4 is 10.2 Å². The van der Waals surface area contributed by atoms with Crippen molar-refractivity contribution >= 4 is 27.7 Å². The van der Waals surface area contributed by atoms with Gasteiger partial charge in [0.25, 0.3) is 5.91 Å². The van der Waals surface area contributed by atoms with Crippen LogP contribution in [0.4, 0.5) is 18.9 Å². The van der Waals surface area contributed by atoms with E-state index in [1.165, 1.54) is 10.4 Å². The Kier molecular flexibility index (Phi) is 6.91. The Bertz CT molecular complexity index is 1040. The van der Waals surface area contributed by atoms with Crippen LogP contribution in [0.1, 0.15) is 5.56 Å². The molecule has 2 N–H and O–H groups in total. The molecular weight excluding hydrogens is 419 g/mol. The molecule has 2 aromatic carbocycles. The van der Waals surface area contributed by atoms with Crippen molar-refractivity contribution in [2.45, 2.75) is 0 Å². The van der Waals surface area contributed by atoms with Crippen molar-refractivity contribution in [3.05, 3.63) is 70.9 Å². The van der Waals surface area contributed by atoms with Crippen molar-refractivity contribution in [3.8, 4) is 0 Å². The van der Waals surface area contributed by atoms with E-state index in [1.807, 2.05) is 18.2 Å². The Morgan fingerprint density at radius 3 is 2.37 bits per heavy atom. The maximum atomic E-state index is 13.7. The average molecular weight is 440 g/mol. The van der Waals surface area contributed by atoms with Crippen LogP contribution in [0.3, 0.4) is 0 Å². The van der Waals surface area contributed by atoms with Gasteiger partial charge >= 0.3 is 0 Å². The number of nitrogens with one attached hydrogen (secondary N) is 2. The monoisotopic (exact) mass is 440 g/mol. The number of hydrogen-bond acceptors (Lipinski definition) is 3. The molecule has 0 aliphatic carbocycles. The smallest absolute Gasteiger partial charge is 0.279 e. The van der Waals surface area contributed by atoms with Crippen molar-refractivity contribution in [3.63, 3.8) is 0 Å². The third-order valence-corrected chi connectivity index (χ3v) is 6.31. The maximum Gasteiger partial charge on any atom is 0.279 e. The number of amides is 1. The van der Waals surface area contributed by atoms with Gasteiger partial charge in [0, 0.05) is 5.41 Å². The van der Waals surface area contributed by atoms with Gasteiger partial charge < -0.3 is 10.2 Å². The lowest BCUT2D eigenvalue weighted by Gasteiger charge is -2.30. The number of sulfonamides is 1. The van der Waals surface area contributed by atoms with Gasteiger partial charge in [-0.1, -0.05) is 30.3 Å². The summed E-state index contributed by atoms with van der Waals surface area (Å²) in [5.41, 5.74) is 0.331. The Hall–Kier alpha value is -2.69. The molecule has 1 aliphatic heterocycles. The highest BCUT2D eigenvalue weighted by molar-refractivity contribution is 7.92. The number of hydrogen-bond donors (Lipinski definition) is 2. The second-order valence-electron chi connectivity index (χ2n) is 6.86. The van der Waals surface area contributed by atoms with Crippen LogP contribution in [0.5, 0.6) is 0 Å². The molecule has 1 saturated heterocycles. The van der Waals surface area contributed by atoms with Crippen LogP contribution in [0.2, 0.25) is 0 Å². The number of carbonyl (C=O) groups is 1.